The summed E-state index contributed by atoms with van der Waals surface area (Å²) in [4.78, 5) is 24.7. The van der Waals surface area contributed by atoms with Gasteiger partial charge >= 0.3 is 5.97 Å². The molecule has 0 saturated heterocycles. The quantitative estimate of drug-likeness (QED) is 0.627. The number of carbonyl (C=O) groups is 2. The van der Waals surface area contributed by atoms with Crippen LogP contribution < -0.4 is 15.4 Å². The van der Waals surface area contributed by atoms with Crippen LogP contribution in [-0.4, -0.2) is 43.3 Å². The minimum absolute atomic E-state index is 0.0684. The number of hydrogen-bond donors (Lipinski definition) is 3. The Morgan fingerprint density at radius 2 is 1.73 bits per heavy atom. The number of rotatable bonds is 8. The van der Waals surface area contributed by atoms with E-state index in [4.69, 9.17) is 14.6 Å². The number of aliphatic hydroxyl groups is 1. The zero-order valence-corrected chi connectivity index (χ0v) is 14.7. The summed E-state index contributed by atoms with van der Waals surface area (Å²) >= 11 is 0. The van der Waals surface area contributed by atoms with Gasteiger partial charge in [-0.05, 0) is 31.2 Å². The lowest BCUT2D eigenvalue weighted by Crippen LogP contribution is -2.30. The van der Waals surface area contributed by atoms with Gasteiger partial charge in [0.2, 0.25) is 0 Å². The summed E-state index contributed by atoms with van der Waals surface area (Å²) in [5, 5.41) is 14.5. The van der Waals surface area contributed by atoms with E-state index in [0.29, 0.717) is 23.7 Å². The fourth-order valence-corrected chi connectivity index (χ4v) is 2.27. The van der Waals surface area contributed by atoms with Gasteiger partial charge in [-0.2, -0.15) is 0 Å². The van der Waals surface area contributed by atoms with E-state index in [1.165, 1.54) is 14.0 Å². The third-order valence-electron chi connectivity index (χ3n) is 3.59. The highest BCUT2D eigenvalue weighted by atomic mass is 16.5. The molecule has 2 rings (SSSR count). The maximum atomic E-state index is 12.4. The summed E-state index contributed by atoms with van der Waals surface area (Å²) < 4.78 is 10.4. The molecule has 138 valence electrons. The Labute approximate surface area is 151 Å². The number of nitrogens with one attached hydrogen (secondary N) is 2. The minimum atomic E-state index is -1.00. The number of ether oxygens (including phenoxy) is 2. The first-order valence-corrected chi connectivity index (χ1v) is 8.15. The molecular formula is C19H22N2O5. The molecule has 0 aliphatic heterocycles. The maximum Gasteiger partial charge on any atom is 0.341 e. The number of methoxy groups -OCH3 is 1. The van der Waals surface area contributed by atoms with Gasteiger partial charge in [-0.1, -0.05) is 24.3 Å². The van der Waals surface area contributed by atoms with Crippen LogP contribution in [0.2, 0.25) is 0 Å². The molecule has 0 heterocycles. The summed E-state index contributed by atoms with van der Waals surface area (Å²) in [6.07, 6.45) is -1.00. The van der Waals surface area contributed by atoms with E-state index in [1.807, 2.05) is 0 Å². The average molecular weight is 358 g/mol. The first-order chi connectivity index (χ1) is 12.6. The van der Waals surface area contributed by atoms with E-state index < -0.39 is 18.0 Å². The molecule has 1 amide bonds. The third-order valence-corrected chi connectivity index (χ3v) is 3.59. The van der Waals surface area contributed by atoms with Gasteiger partial charge < -0.3 is 25.2 Å². The highest BCUT2D eigenvalue weighted by molar-refractivity contribution is 6.00. The van der Waals surface area contributed by atoms with Crippen LogP contribution in [0.1, 0.15) is 17.3 Å². The van der Waals surface area contributed by atoms with E-state index in [0.717, 1.165) is 0 Å². The van der Waals surface area contributed by atoms with Crippen molar-refractivity contribution >= 4 is 23.3 Å². The number of benzene rings is 2. The number of anilines is 2. The molecule has 0 aliphatic carbocycles. The van der Waals surface area contributed by atoms with Gasteiger partial charge in [0.25, 0.3) is 5.91 Å². The van der Waals surface area contributed by atoms with Crippen molar-refractivity contribution in [2.24, 2.45) is 0 Å². The van der Waals surface area contributed by atoms with E-state index in [1.54, 1.807) is 48.5 Å². The molecule has 7 heteroatoms. The second-order valence-electron chi connectivity index (χ2n) is 5.43. The lowest BCUT2D eigenvalue weighted by atomic mass is 10.1. The number of aliphatic hydroxyl groups excluding tert-OH is 1. The molecule has 0 spiro atoms. The average Bonchev–Trinajstić information content (AvgIpc) is 2.66. The zero-order chi connectivity index (χ0) is 18.9. The predicted octanol–water partition coefficient (Wildman–Crippen LogP) is 2.28. The zero-order valence-electron chi connectivity index (χ0n) is 14.7. The Kier molecular flexibility index (Phi) is 6.99. The summed E-state index contributed by atoms with van der Waals surface area (Å²) in [5.41, 5.74) is 1.31. The van der Waals surface area contributed by atoms with Crippen molar-refractivity contribution in [3.05, 3.63) is 54.1 Å². The first kappa shape index (κ1) is 19.3. The SMILES string of the molecule is COc1ccccc1NC(=O)[C@H](C)OC(=O)c1ccccc1NCCO. The number of carbonyl (C=O) groups excluding carboxylic acids is 2. The van der Waals surface area contributed by atoms with Crippen LogP contribution in [0.3, 0.4) is 0 Å². The Balaban J connectivity index is 2.03. The fourth-order valence-electron chi connectivity index (χ4n) is 2.27. The molecule has 0 radical (unpaired) electrons. The molecule has 0 aromatic heterocycles. The molecule has 0 bridgehead atoms. The summed E-state index contributed by atoms with van der Waals surface area (Å²) in [6.45, 7) is 1.72. The summed E-state index contributed by atoms with van der Waals surface area (Å²) in [7, 11) is 1.50. The van der Waals surface area contributed by atoms with E-state index in [-0.39, 0.29) is 12.2 Å². The Morgan fingerprint density at radius 1 is 1.08 bits per heavy atom. The fraction of sp³-hybridized carbons (Fsp3) is 0.263. The molecule has 7 nitrogen and oxygen atoms in total. The van der Waals surface area contributed by atoms with Crippen LogP contribution in [0.15, 0.2) is 48.5 Å². The van der Waals surface area contributed by atoms with Crippen LogP contribution in [0.4, 0.5) is 11.4 Å². The largest absolute Gasteiger partial charge is 0.495 e. The Bertz CT molecular complexity index is 763. The number of para-hydroxylation sites is 3. The van der Waals surface area contributed by atoms with Crippen molar-refractivity contribution in [3.63, 3.8) is 0 Å². The first-order valence-electron chi connectivity index (χ1n) is 8.15. The minimum Gasteiger partial charge on any atom is -0.495 e. The number of esters is 1. The van der Waals surface area contributed by atoms with Crippen LogP contribution in [0.25, 0.3) is 0 Å². The lowest BCUT2D eigenvalue weighted by Gasteiger charge is -2.16. The van der Waals surface area contributed by atoms with Gasteiger partial charge in [0.05, 0.1) is 25.0 Å². The van der Waals surface area contributed by atoms with Crippen LogP contribution in [0.5, 0.6) is 5.75 Å². The summed E-state index contributed by atoms with van der Waals surface area (Å²) in [6, 6.07) is 13.7. The van der Waals surface area contributed by atoms with Crippen LogP contribution in [0, 0.1) is 0 Å². The molecule has 0 unspecified atom stereocenters. The monoisotopic (exact) mass is 358 g/mol. The van der Waals surface area contributed by atoms with E-state index in [9.17, 15) is 9.59 Å². The molecule has 0 fully saturated rings. The van der Waals surface area contributed by atoms with Gasteiger partial charge in [0, 0.05) is 12.2 Å². The van der Waals surface area contributed by atoms with Crippen molar-refractivity contribution in [1.29, 1.82) is 0 Å². The van der Waals surface area contributed by atoms with Gasteiger partial charge in [0.15, 0.2) is 6.10 Å². The van der Waals surface area contributed by atoms with Crippen molar-refractivity contribution in [2.75, 3.05) is 30.9 Å². The van der Waals surface area contributed by atoms with E-state index >= 15 is 0 Å². The molecule has 2 aromatic rings. The smallest absolute Gasteiger partial charge is 0.341 e. The third kappa shape index (κ3) is 4.97. The number of hydrogen-bond acceptors (Lipinski definition) is 6. The van der Waals surface area contributed by atoms with Crippen molar-refractivity contribution in [2.45, 2.75) is 13.0 Å². The molecule has 0 aliphatic rings. The Morgan fingerprint density at radius 3 is 2.42 bits per heavy atom. The molecule has 1 atom stereocenters. The van der Waals surface area contributed by atoms with Gasteiger partial charge in [-0.15, -0.1) is 0 Å². The van der Waals surface area contributed by atoms with Crippen LogP contribution in [-0.2, 0) is 9.53 Å². The van der Waals surface area contributed by atoms with Gasteiger partial charge in [-0.3, -0.25) is 4.79 Å². The second-order valence-corrected chi connectivity index (χ2v) is 5.43. The topological polar surface area (TPSA) is 96.9 Å². The van der Waals surface area contributed by atoms with E-state index in [2.05, 4.69) is 10.6 Å². The summed E-state index contributed by atoms with van der Waals surface area (Å²) in [5.74, 6) is -0.588. The molecular weight excluding hydrogens is 336 g/mol. The highest BCUT2D eigenvalue weighted by Gasteiger charge is 2.21. The van der Waals surface area contributed by atoms with Crippen molar-refractivity contribution < 1.29 is 24.2 Å². The molecule has 26 heavy (non-hydrogen) atoms. The lowest BCUT2D eigenvalue weighted by molar-refractivity contribution is -0.123. The van der Waals surface area contributed by atoms with Crippen molar-refractivity contribution in [3.8, 4) is 5.75 Å². The van der Waals surface area contributed by atoms with Crippen molar-refractivity contribution in [1.82, 2.24) is 0 Å². The van der Waals surface area contributed by atoms with Crippen LogP contribution >= 0.6 is 0 Å². The molecule has 2 aromatic carbocycles. The molecule has 3 N–H and O–H groups in total. The number of amides is 1. The standard InChI is InChI=1S/C19H22N2O5/c1-13(18(23)21-16-9-5-6-10-17(16)25-2)26-19(24)14-7-3-4-8-15(14)20-11-12-22/h3-10,13,20,22H,11-12H2,1-2H3,(H,21,23)/t13-/m0/s1. The van der Waals surface area contributed by atoms with Gasteiger partial charge in [-0.25, -0.2) is 4.79 Å². The molecule has 0 saturated carbocycles. The highest BCUT2D eigenvalue weighted by Crippen LogP contribution is 2.23. The maximum absolute atomic E-state index is 12.4. The normalized spacial score (nSPS) is 11.3. The second kappa shape index (κ2) is 9.43. The predicted molar refractivity (Wildman–Crippen MR) is 98.5 cm³/mol. The van der Waals surface area contributed by atoms with Gasteiger partial charge in [0.1, 0.15) is 5.75 Å². The Hall–Kier alpha value is -3.06.